The Morgan fingerprint density at radius 2 is 1.96 bits per heavy atom. The molecule has 0 radical (unpaired) electrons. The molecule has 4 unspecified atom stereocenters. The van der Waals surface area contributed by atoms with Crippen molar-refractivity contribution in [1.29, 1.82) is 0 Å². The zero-order chi connectivity index (χ0) is 18.1. The molecule has 1 fully saturated rings. The van der Waals surface area contributed by atoms with E-state index in [0.29, 0.717) is 12.3 Å². The normalized spacial score (nSPS) is 35.7. The molecule has 24 heavy (non-hydrogen) atoms. The van der Waals surface area contributed by atoms with Gasteiger partial charge >= 0.3 is 11.9 Å². The number of hydrogen-bond acceptors (Lipinski definition) is 2. The second-order valence-corrected chi connectivity index (χ2v) is 8.23. The van der Waals surface area contributed by atoms with Crippen LogP contribution in [-0.2, 0) is 9.59 Å². The van der Waals surface area contributed by atoms with E-state index in [9.17, 15) is 14.7 Å². The Labute approximate surface area is 144 Å². The standard InChI is InChI=1S/C20H30O4/c1-13(12-17(21)22)6-8-15-14(2)7-9-16-19(15,3)10-5-11-20(16,4)18(23)24/h7,15-16H,1,5-6,8-12H2,2-4H3,(H,21,22)(H,23,24). The summed E-state index contributed by atoms with van der Waals surface area (Å²) in [5.41, 5.74) is 1.37. The van der Waals surface area contributed by atoms with Crippen molar-refractivity contribution >= 4 is 11.9 Å². The van der Waals surface area contributed by atoms with Crippen molar-refractivity contribution in [3.8, 4) is 0 Å². The van der Waals surface area contributed by atoms with Gasteiger partial charge in [0.1, 0.15) is 0 Å². The third-order valence-corrected chi connectivity index (χ3v) is 6.67. The van der Waals surface area contributed by atoms with E-state index < -0.39 is 17.4 Å². The number of allylic oxidation sites excluding steroid dienone is 2. The largest absolute Gasteiger partial charge is 0.481 e. The summed E-state index contributed by atoms with van der Waals surface area (Å²) in [5.74, 6) is -1.07. The molecule has 1 saturated carbocycles. The maximum atomic E-state index is 11.9. The quantitative estimate of drug-likeness (QED) is 0.693. The maximum absolute atomic E-state index is 11.9. The molecule has 0 amide bonds. The molecular weight excluding hydrogens is 304 g/mol. The van der Waals surface area contributed by atoms with E-state index in [0.717, 1.165) is 37.7 Å². The molecule has 4 nitrogen and oxygen atoms in total. The highest BCUT2D eigenvalue weighted by molar-refractivity contribution is 5.75. The van der Waals surface area contributed by atoms with Crippen LogP contribution in [0.15, 0.2) is 23.8 Å². The molecule has 0 aromatic carbocycles. The maximum Gasteiger partial charge on any atom is 0.309 e. The lowest BCUT2D eigenvalue weighted by atomic mass is 9.47. The Bertz CT molecular complexity index is 576. The Balaban J connectivity index is 2.23. The van der Waals surface area contributed by atoms with Crippen molar-refractivity contribution in [1.82, 2.24) is 0 Å². The van der Waals surface area contributed by atoms with Gasteiger partial charge in [0.2, 0.25) is 0 Å². The van der Waals surface area contributed by atoms with Crippen LogP contribution in [-0.4, -0.2) is 22.2 Å². The molecule has 0 heterocycles. The number of carboxylic acid groups (broad SMARTS) is 2. The van der Waals surface area contributed by atoms with Crippen LogP contribution in [0.25, 0.3) is 0 Å². The average molecular weight is 334 g/mol. The van der Waals surface area contributed by atoms with Gasteiger partial charge in [0, 0.05) is 0 Å². The first-order chi connectivity index (χ1) is 11.1. The number of carboxylic acids is 2. The van der Waals surface area contributed by atoms with E-state index in [1.54, 1.807) is 0 Å². The Morgan fingerprint density at radius 3 is 2.54 bits per heavy atom. The monoisotopic (exact) mass is 334 g/mol. The fourth-order valence-corrected chi connectivity index (χ4v) is 5.29. The van der Waals surface area contributed by atoms with Crippen LogP contribution in [0.4, 0.5) is 0 Å². The smallest absolute Gasteiger partial charge is 0.309 e. The zero-order valence-corrected chi connectivity index (χ0v) is 15.1. The predicted octanol–water partition coefficient (Wildman–Crippen LogP) is 4.66. The molecule has 2 aliphatic carbocycles. The second kappa shape index (κ2) is 6.73. The Kier molecular flexibility index (Phi) is 5.26. The molecule has 4 heteroatoms. The van der Waals surface area contributed by atoms with Crippen molar-refractivity contribution in [2.75, 3.05) is 0 Å². The molecule has 4 atom stereocenters. The van der Waals surface area contributed by atoms with Gasteiger partial charge in [0.15, 0.2) is 0 Å². The molecule has 0 aromatic rings. The number of aliphatic carboxylic acids is 2. The minimum absolute atomic E-state index is 0.0163. The van der Waals surface area contributed by atoms with Gasteiger partial charge in [-0.3, -0.25) is 9.59 Å². The summed E-state index contributed by atoms with van der Waals surface area (Å²) in [6.07, 6.45) is 7.33. The first-order valence-corrected chi connectivity index (χ1v) is 8.89. The van der Waals surface area contributed by atoms with Crippen LogP contribution in [0.1, 0.15) is 65.7 Å². The summed E-state index contributed by atoms with van der Waals surface area (Å²) in [6, 6.07) is 0. The van der Waals surface area contributed by atoms with Crippen LogP contribution in [0, 0.1) is 22.7 Å². The van der Waals surface area contributed by atoms with Gasteiger partial charge in [-0.2, -0.15) is 0 Å². The van der Waals surface area contributed by atoms with Gasteiger partial charge in [-0.05, 0) is 63.2 Å². The van der Waals surface area contributed by atoms with Gasteiger partial charge < -0.3 is 10.2 Å². The van der Waals surface area contributed by atoms with Gasteiger partial charge in [0.05, 0.1) is 11.8 Å². The number of hydrogen-bond donors (Lipinski definition) is 2. The highest BCUT2D eigenvalue weighted by Crippen LogP contribution is 2.60. The van der Waals surface area contributed by atoms with Crippen molar-refractivity contribution in [2.24, 2.45) is 22.7 Å². The number of carbonyl (C=O) groups is 2. The second-order valence-electron chi connectivity index (χ2n) is 8.23. The van der Waals surface area contributed by atoms with Gasteiger partial charge in [-0.25, -0.2) is 0 Å². The average Bonchev–Trinajstić information content (AvgIpc) is 2.45. The predicted molar refractivity (Wildman–Crippen MR) is 93.7 cm³/mol. The molecule has 0 spiro atoms. The molecule has 2 aliphatic rings. The first kappa shape index (κ1) is 18.8. The van der Waals surface area contributed by atoms with Crippen LogP contribution < -0.4 is 0 Å². The summed E-state index contributed by atoms with van der Waals surface area (Å²) in [7, 11) is 0. The molecule has 2 N–H and O–H groups in total. The molecular formula is C20H30O4. The SMILES string of the molecule is C=C(CCC1C(C)=CCC2C(C)(C(=O)O)CCCC12C)CC(=O)O. The fourth-order valence-electron chi connectivity index (χ4n) is 5.29. The Hall–Kier alpha value is -1.58. The lowest BCUT2D eigenvalue weighted by Gasteiger charge is -2.56. The van der Waals surface area contributed by atoms with Gasteiger partial charge in [-0.1, -0.05) is 37.1 Å². The van der Waals surface area contributed by atoms with Crippen LogP contribution in [0.3, 0.4) is 0 Å². The molecule has 0 aliphatic heterocycles. The zero-order valence-electron chi connectivity index (χ0n) is 15.1. The van der Waals surface area contributed by atoms with E-state index in [2.05, 4.69) is 26.5 Å². The van der Waals surface area contributed by atoms with Crippen LogP contribution >= 0.6 is 0 Å². The lowest BCUT2D eigenvalue weighted by Crippen LogP contribution is -2.52. The molecule has 134 valence electrons. The summed E-state index contributed by atoms with van der Waals surface area (Å²) < 4.78 is 0. The van der Waals surface area contributed by atoms with Crippen molar-refractivity contribution in [2.45, 2.75) is 65.7 Å². The fraction of sp³-hybridized carbons (Fsp3) is 0.700. The highest BCUT2D eigenvalue weighted by atomic mass is 16.4. The lowest BCUT2D eigenvalue weighted by molar-refractivity contribution is -0.162. The van der Waals surface area contributed by atoms with E-state index in [1.807, 2.05) is 6.92 Å². The van der Waals surface area contributed by atoms with Gasteiger partial charge in [0.25, 0.3) is 0 Å². The minimum Gasteiger partial charge on any atom is -0.481 e. The summed E-state index contributed by atoms with van der Waals surface area (Å²) >= 11 is 0. The summed E-state index contributed by atoms with van der Waals surface area (Å²) in [5, 5.41) is 18.7. The van der Waals surface area contributed by atoms with E-state index in [-0.39, 0.29) is 17.8 Å². The van der Waals surface area contributed by atoms with Gasteiger partial charge in [-0.15, -0.1) is 0 Å². The topological polar surface area (TPSA) is 74.6 Å². The van der Waals surface area contributed by atoms with Crippen LogP contribution in [0.2, 0.25) is 0 Å². The number of rotatable bonds is 6. The van der Waals surface area contributed by atoms with Crippen molar-refractivity contribution in [3.63, 3.8) is 0 Å². The minimum atomic E-state index is -0.837. The summed E-state index contributed by atoms with van der Waals surface area (Å²) in [4.78, 5) is 22.8. The molecule has 0 saturated heterocycles. The van der Waals surface area contributed by atoms with Crippen LogP contribution in [0.5, 0.6) is 0 Å². The summed E-state index contributed by atoms with van der Waals surface area (Å²) in [6.45, 7) is 10.2. The Morgan fingerprint density at radius 1 is 1.29 bits per heavy atom. The molecule has 0 bridgehead atoms. The molecule has 0 aromatic heterocycles. The first-order valence-electron chi connectivity index (χ1n) is 8.89. The third-order valence-electron chi connectivity index (χ3n) is 6.67. The van der Waals surface area contributed by atoms with E-state index >= 15 is 0 Å². The van der Waals surface area contributed by atoms with Crippen molar-refractivity contribution < 1.29 is 19.8 Å². The third kappa shape index (κ3) is 3.28. The molecule has 2 rings (SSSR count). The highest BCUT2D eigenvalue weighted by Gasteiger charge is 2.56. The van der Waals surface area contributed by atoms with E-state index in [1.165, 1.54) is 5.57 Å². The van der Waals surface area contributed by atoms with E-state index in [4.69, 9.17) is 5.11 Å². The van der Waals surface area contributed by atoms with Crippen molar-refractivity contribution in [3.05, 3.63) is 23.8 Å². The number of fused-ring (bicyclic) bond motifs is 1.